The van der Waals surface area contributed by atoms with E-state index in [9.17, 15) is 4.79 Å². The second-order valence-corrected chi connectivity index (χ2v) is 5.33. The Bertz CT molecular complexity index is 634. The number of hydrogen-bond acceptors (Lipinski definition) is 4. The van der Waals surface area contributed by atoms with Crippen LogP contribution in [0.2, 0.25) is 10.0 Å². The number of carboxylic acid groups (broad SMARTS) is 1. The van der Waals surface area contributed by atoms with Crippen molar-refractivity contribution >= 4 is 52.0 Å². The van der Waals surface area contributed by atoms with Crippen LogP contribution in [0.3, 0.4) is 0 Å². The van der Waals surface area contributed by atoms with Crippen molar-refractivity contribution < 1.29 is 9.90 Å². The molecule has 1 N–H and O–H groups in total. The number of nitrogens with zero attached hydrogens (tertiary/aromatic N) is 2. The minimum absolute atomic E-state index is 0.0532. The summed E-state index contributed by atoms with van der Waals surface area (Å²) in [6, 6.07) is 3.27. The summed E-state index contributed by atoms with van der Waals surface area (Å²) in [5, 5.41) is 10.1. The summed E-state index contributed by atoms with van der Waals surface area (Å²) in [5.74, 6) is -0.946. The first-order valence-corrected chi connectivity index (χ1v) is 6.69. The van der Waals surface area contributed by atoms with E-state index in [1.807, 2.05) is 0 Å². The van der Waals surface area contributed by atoms with Crippen LogP contribution in [-0.2, 0) is 4.79 Å². The number of thioether (sulfide) groups is 1. The standard InChI is InChI=1S/C11H8Cl2N2O2S/c1-5-11(18-4-10(16)17)15-9-3-7(13)6(12)2-8(9)14-5/h2-3H,4H2,1H3,(H,16,17). The zero-order valence-electron chi connectivity index (χ0n) is 9.28. The van der Waals surface area contributed by atoms with Gasteiger partial charge >= 0.3 is 5.97 Å². The molecule has 0 aliphatic carbocycles. The molecule has 0 amide bonds. The van der Waals surface area contributed by atoms with Crippen molar-refractivity contribution in [3.05, 3.63) is 27.9 Å². The molecule has 94 valence electrons. The molecule has 0 bridgehead atoms. The maximum Gasteiger partial charge on any atom is 0.313 e. The van der Waals surface area contributed by atoms with Gasteiger partial charge in [0.25, 0.3) is 0 Å². The van der Waals surface area contributed by atoms with Gasteiger partial charge in [-0.1, -0.05) is 35.0 Å². The summed E-state index contributed by atoms with van der Waals surface area (Å²) in [6.45, 7) is 1.78. The van der Waals surface area contributed by atoms with Gasteiger partial charge in [0.1, 0.15) is 5.03 Å². The Morgan fingerprint density at radius 3 is 2.39 bits per heavy atom. The lowest BCUT2D eigenvalue weighted by Gasteiger charge is -2.06. The van der Waals surface area contributed by atoms with Gasteiger partial charge in [0.15, 0.2) is 0 Å². The van der Waals surface area contributed by atoms with E-state index in [0.717, 1.165) is 11.8 Å². The van der Waals surface area contributed by atoms with E-state index in [-0.39, 0.29) is 5.75 Å². The van der Waals surface area contributed by atoms with E-state index in [1.54, 1.807) is 19.1 Å². The van der Waals surface area contributed by atoms with Crippen LogP contribution in [-0.4, -0.2) is 26.8 Å². The first-order chi connectivity index (χ1) is 8.47. The molecule has 4 nitrogen and oxygen atoms in total. The topological polar surface area (TPSA) is 63.1 Å². The van der Waals surface area contributed by atoms with Crippen molar-refractivity contribution in [3.63, 3.8) is 0 Å². The fourth-order valence-corrected chi connectivity index (χ4v) is 2.38. The zero-order valence-corrected chi connectivity index (χ0v) is 11.6. The zero-order chi connectivity index (χ0) is 13.3. The predicted molar refractivity (Wildman–Crippen MR) is 72.7 cm³/mol. The van der Waals surface area contributed by atoms with Crippen LogP contribution < -0.4 is 0 Å². The Labute approximate surface area is 117 Å². The SMILES string of the molecule is Cc1nc2cc(Cl)c(Cl)cc2nc1SCC(=O)O. The highest BCUT2D eigenvalue weighted by molar-refractivity contribution is 7.99. The molecular formula is C11H8Cl2N2O2S. The summed E-state index contributed by atoms with van der Waals surface area (Å²) in [6.07, 6.45) is 0. The quantitative estimate of drug-likeness (QED) is 0.880. The average molecular weight is 303 g/mol. The molecule has 0 fully saturated rings. The summed E-state index contributed by atoms with van der Waals surface area (Å²) in [5.41, 5.74) is 1.91. The molecule has 1 aromatic carbocycles. The lowest BCUT2D eigenvalue weighted by molar-refractivity contribution is -0.133. The number of carbonyl (C=O) groups is 1. The number of hydrogen-bond donors (Lipinski definition) is 1. The van der Waals surface area contributed by atoms with Crippen LogP contribution in [0, 0.1) is 6.92 Å². The van der Waals surface area contributed by atoms with Gasteiger partial charge in [-0.2, -0.15) is 0 Å². The van der Waals surface area contributed by atoms with Gasteiger partial charge in [-0.15, -0.1) is 0 Å². The lowest BCUT2D eigenvalue weighted by Crippen LogP contribution is -2.00. The minimum Gasteiger partial charge on any atom is -0.481 e. The molecule has 0 spiro atoms. The second-order valence-electron chi connectivity index (χ2n) is 3.55. The first kappa shape index (κ1) is 13.4. The maximum atomic E-state index is 10.5. The summed E-state index contributed by atoms with van der Waals surface area (Å²) >= 11 is 12.9. The van der Waals surface area contributed by atoms with E-state index < -0.39 is 5.97 Å². The minimum atomic E-state index is -0.893. The van der Waals surface area contributed by atoms with Gasteiger partial charge in [0.2, 0.25) is 0 Å². The summed E-state index contributed by atoms with van der Waals surface area (Å²) in [4.78, 5) is 19.2. The molecule has 18 heavy (non-hydrogen) atoms. The summed E-state index contributed by atoms with van der Waals surface area (Å²) in [7, 11) is 0. The molecule has 0 aliphatic rings. The molecule has 0 aliphatic heterocycles. The van der Waals surface area contributed by atoms with Crippen LogP contribution in [0.4, 0.5) is 0 Å². The molecule has 0 unspecified atom stereocenters. The third-order valence-electron chi connectivity index (χ3n) is 2.17. The van der Waals surface area contributed by atoms with Crippen LogP contribution in [0.5, 0.6) is 0 Å². The Morgan fingerprint density at radius 2 is 1.83 bits per heavy atom. The van der Waals surface area contributed by atoms with Crippen LogP contribution in [0.1, 0.15) is 5.69 Å². The number of aliphatic carboxylic acids is 1. The maximum absolute atomic E-state index is 10.5. The van der Waals surface area contributed by atoms with Crippen LogP contribution >= 0.6 is 35.0 Å². The van der Waals surface area contributed by atoms with E-state index in [0.29, 0.717) is 31.8 Å². The smallest absolute Gasteiger partial charge is 0.313 e. The Hall–Kier alpha value is -1.04. The van der Waals surface area contributed by atoms with Gasteiger partial charge in [0.05, 0.1) is 32.5 Å². The number of aromatic nitrogens is 2. The third kappa shape index (κ3) is 2.85. The molecule has 2 rings (SSSR count). The largest absolute Gasteiger partial charge is 0.481 e. The van der Waals surface area contributed by atoms with Crippen molar-refractivity contribution in [3.8, 4) is 0 Å². The fraction of sp³-hybridized carbons (Fsp3) is 0.182. The molecular weight excluding hydrogens is 295 g/mol. The van der Waals surface area contributed by atoms with Gasteiger partial charge < -0.3 is 5.11 Å². The van der Waals surface area contributed by atoms with E-state index >= 15 is 0 Å². The van der Waals surface area contributed by atoms with E-state index in [4.69, 9.17) is 28.3 Å². The van der Waals surface area contributed by atoms with Gasteiger partial charge in [-0.05, 0) is 19.1 Å². The predicted octanol–water partition coefficient (Wildman–Crippen LogP) is 3.42. The Kier molecular flexibility index (Phi) is 3.94. The van der Waals surface area contributed by atoms with Crippen LogP contribution in [0.25, 0.3) is 11.0 Å². The van der Waals surface area contributed by atoms with Gasteiger partial charge in [-0.25, -0.2) is 9.97 Å². The number of rotatable bonds is 3. The molecule has 0 saturated heterocycles. The number of carboxylic acids is 1. The molecule has 7 heteroatoms. The van der Waals surface area contributed by atoms with Crippen LogP contribution in [0.15, 0.2) is 17.2 Å². The number of fused-ring (bicyclic) bond motifs is 1. The average Bonchev–Trinajstić information content (AvgIpc) is 2.29. The number of aryl methyl sites for hydroxylation is 1. The third-order valence-corrected chi connectivity index (χ3v) is 3.94. The number of benzene rings is 1. The van der Waals surface area contributed by atoms with Gasteiger partial charge in [-0.3, -0.25) is 4.79 Å². The van der Waals surface area contributed by atoms with Crippen molar-refractivity contribution in [2.75, 3.05) is 5.75 Å². The fourth-order valence-electron chi connectivity index (χ4n) is 1.39. The molecule has 1 heterocycles. The van der Waals surface area contributed by atoms with Crippen molar-refractivity contribution in [1.29, 1.82) is 0 Å². The molecule has 1 aromatic heterocycles. The van der Waals surface area contributed by atoms with E-state index in [2.05, 4.69) is 9.97 Å². The molecule has 0 radical (unpaired) electrons. The molecule has 2 aromatic rings. The Morgan fingerprint density at radius 1 is 1.28 bits per heavy atom. The molecule has 0 atom stereocenters. The van der Waals surface area contributed by atoms with Crippen molar-refractivity contribution in [2.24, 2.45) is 0 Å². The summed E-state index contributed by atoms with van der Waals surface area (Å²) < 4.78 is 0. The van der Waals surface area contributed by atoms with Gasteiger partial charge in [0, 0.05) is 0 Å². The Balaban J connectivity index is 2.47. The van der Waals surface area contributed by atoms with E-state index in [1.165, 1.54) is 0 Å². The second kappa shape index (κ2) is 5.30. The highest BCUT2D eigenvalue weighted by atomic mass is 35.5. The monoisotopic (exact) mass is 302 g/mol. The highest BCUT2D eigenvalue weighted by Gasteiger charge is 2.10. The molecule has 0 saturated carbocycles. The normalized spacial score (nSPS) is 10.8. The first-order valence-electron chi connectivity index (χ1n) is 4.95. The lowest BCUT2D eigenvalue weighted by atomic mass is 10.3. The van der Waals surface area contributed by atoms with Crippen molar-refractivity contribution in [1.82, 2.24) is 9.97 Å². The van der Waals surface area contributed by atoms with Crippen molar-refractivity contribution in [2.45, 2.75) is 11.9 Å². The number of halogens is 2. The highest BCUT2D eigenvalue weighted by Crippen LogP contribution is 2.28.